The van der Waals surface area contributed by atoms with Gasteiger partial charge in [0.25, 0.3) is 0 Å². The number of hydrogen-bond donors (Lipinski definition) is 6. The number of rotatable bonds is 40. The standard InChI is InChI=1S/C50H87O13P/c1-3-5-7-9-11-13-15-17-19-20-21-22-23-24-25-27-29-31-33-35-37-39-44(52)62-42(41-61-64(58,59)63-50-48(56)46(54)45(53)47(55)49(50)57)40-60-43(51)38-36-34-32-30-28-26-18-16-14-12-10-8-6-4-2/h5,7,11,13,16-19,21-22,42,45-50,53-57H,3-4,6,8-10,12,14-15,20,23-41H2,1-2H3,(H,58,59)/b7-5-,13-11-,18-16-,19-17-,22-21-. The molecule has 1 rings (SSSR count). The number of ether oxygens (including phenoxy) is 2. The van der Waals surface area contributed by atoms with Crippen molar-refractivity contribution >= 4 is 19.8 Å². The van der Waals surface area contributed by atoms with Crippen molar-refractivity contribution in [3.63, 3.8) is 0 Å². The Morgan fingerprint density at radius 2 is 0.891 bits per heavy atom. The van der Waals surface area contributed by atoms with Crippen LogP contribution in [0.1, 0.15) is 187 Å². The van der Waals surface area contributed by atoms with Gasteiger partial charge in [0.2, 0.25) is 0 Å². The van der Waals surface area contributed by atoms with E-state index < -0.39 is 75.7 Å². The van der Waals surface area contributed by atoms with Crippen molar-refractivity contribution in [1.82, 2.24) is 0 Å². The SMILES string of the molecule is CC/C=C\C/C=C\C/C=C\C/C=C\CCCCCCCCCCC(=O)OC(COC(=O)CCCCCCC/C=C\CCCCCCC)COP(=O)(O)OC1C(O)C(O)C(O)C(O)C1O. The molecule has 6 atom stereocenters. The summed E-state index contributed by atoms with van der Waals surface area (Å²) in [5.74, 6) is -1.12. The van der Waals surface area contributed by atoms with E-state index in [1.165, 1.54) is 38.5 Å². The molecule has 0 heterocycles. The van der Waals surface area contributed by atoms with Crippen LogP contribution >= 0.6 is 7.82 Å². The lowest BCUT2D eigenvalue weighted by atomic mass is 9.85. The first-order valence-corrected chi connectivity index (χ1v) is 26.1. The van der Waals surface area contributed by atoms with Crippen LogP contribution in [0, 0.1) is 0 Å². The number of aliphatic hydroxyl groups is 5. The maximum atomic E-state index is 12.8. The Labute approximate surface area is 385 Å². The second-order valence-corrected chi connectivity index (χ2v) is 18.3. The molecule has 1 fully saturated rings. The molecule has 370 valence electrons. The number of allylic oxidation sites excluding steroid dienone is 10. The molecule has 14 heteroatoms. The molecule has 0 aromatic rings. The monoisotopic (exact) mass is 927 g/mol. The Morgan fingerprint density at radius 3 is 1.38 bits per heavy atom. The zero-order valence-electron chi connectivity index (χ0n) is 39.3. The van der Waals surface area contributed by atoms with Crippen LogP contribution in [-0.4, -0.2) is 98.3 Å². The van der Waals surface area contributed by atoms with Crippen LogP contribution in [0.3, 0.4) is 0 Å². The van der Waals surface area contributed by atoms with Gasteiger partial charge in [-0.1, -0.05) is 158 Å². The molecule has 0 saturated heterocycles. The van der Waals surface area contributed by atoms with Crippen LogP contribution in [0.15, 0.2) is 60.8 Å². The van der Waals surface area contributed by atoms with E-state index in [1.54, 1.807) is 0 Å². The number of phosphoric acid groups is 1. The highest BCUT2D eigenvalue weighted by molar-refractivity contribution is 7.47. The minimum Gasteiger partial charge on any atom is -0.462 e. The summed E-state index contributed by atoms with van der Waals surface area (Å²) in [6.45, 7) is 3.17. The van der Waals surface area contributed by atoms with Gasteiger partial charge in [-0.05, 0) is 77.0 Å². The largest absolute Gasteiger partial charge is 0.472 e. The van der Waals surface area contributed by atoms with E-state index in [1.807, 2.05) is 0 Å². The first-order valence-electron chi connectivity index (χ1n) is 24.6. The van der Waals surface area contributed by atoms with Crippen LogP contribution in [0.5, 0.6) is 0 Å². The molecule has 0 spiro atoms. The van der Waals surface area contributed by atoms with Crippen molar-refractivity contribution in [2.75, 3.05) is 13.2 Å². The molecule has 6 unspecified atom stereocenters. The third kappa shape index (κ3) is 31.5. The van der Waals surface area contributed by atoms with E-state index in [2.05, 4.69) is 74.6 Å². The Kier molecular flexibility index (Phi) is 36.9. The Bertz CT molecular complexity index is 1350. The lowest BCUT2D eigenvalue weighted by Crippen LogP contribution is -2.64. The maximum Gasteiger partial charge on any atom is 0.472 e. The molecule has 0 aromatic carbocycles. The van der Waals surface area contributed by atoms with E-state index >= 15 is 0 Å². The first kappa shape index (κ1) is 59.6. The van der Waals surface area contributed by atoms with Gasteiger partial charge in [0.15, 0.2) is 6.10 Å². The summed E-state index contributed by atoms with van der Waals surface area (Å²) in [5.41, 5.74) is 0. The Morgan fingerprint density at radius 1 is 0.500 bits per heavy atom. The predicted octanol–water partition coefficient (Wildman–Crippen LogP) is 10.1. The summed E-state index contributed by atoms with van der Waals surface area (Å²) >= 11 is 0. The van der Waals surface area contributed by atoms with Crippen molar-refractivity contribution in [2.45, 2.75) is 230 Å². The summed E-state index contributed by atoms with van der Waals surface area (Å²) in [5, 5.41) is 50.2. The third-order valence-corrected chi connectivity index (χ3v) is 12.1. The summed E-state index contributed by atoms with van der Waals surface area (Å²) in [4.78, 5) is 35.8. The fraction of sp³-hybridized carbons (Fsp3) is 0.760. The number of aliphatic hydroxyl groups excluding tert-OH is 5. The van der Waals surface area contributed by atoms with Crippen LogP contribution < -0.4 is 0 Å². The van der Waals surface area contributed by atoms with E-state index in [4.69, 9.17) is 18.5 Å². The van der Waals surface area contributed by atoms with Crippen molar-refractivity contribution in [3.05, 3.63) is 60.8 Å². The van der Waals surface area contributed by atoms with E-state index in [0.717, 1.165) is 109 Å². The number of carbonyl (C=O) groups is 2. The maximum absolute atomic E-state index is 12.8. The van der Waals surface area contributed by atoms with E-state index in [0.29, 0.717) is 12.8 Å². The second kappa shape index (κ2) is 39.7. The normalized spacial score (nSPS) is 22.1. The van der Waals surface area contributed by atoms with Gasteiger partial charge < -0.3 is 39.9 Å². The number of esters is 2. The molecule has 1 aliphatic rings. The van der Waals surface area contributed by atoms with Gasteiger partial charge in [-0.25, -0.2) is 4.57 Å². The molecule has 64 heavy (non-hydrogen) atoms. The molecular weight excluding hydrogens is 840 g/mol. The van der Waals surface area contributed by atoms with Crippen molar-refractivity contribution in [1.29, 1.82) is 0 Å². The van der Waals surface area contributed by atoms with Crippen LogP contribution in [0.25, 0.3) is 0 Å². The van der Waals surface area contributed by atoms with Gasteiger partial charge in [0.05, 0.1) is 6.61 Å². The summed E-state index contributed by atoms with van der Waals surface area (Å²) in [7, 11) is -5.13. The van der Waals surface area contributed by atoms with Crippen molar-refractivity contribution < 1.29 is 63.1 Å². The average Bonchev–Trinajstić information content (AvgIpc) is 3.28. The van der Waals surface area contributed by atoms with Crippen LogP contribution in [0.2, 0.25) is 0 Å². The summed E-state index contributed by atoms with van der Waals surface area (Å²) in [6, 6.07) is 0. The van der Waals surface area contributed by atoms with E-state index in [9.17, 15) is 44.6 Å². The smallest absolute Gasteiger partial charge is 0.462 e. The van der Waals surface area contributed by atoms with Crippen LogP contribution in [0.4, 0.5) is 0 Å². The quantitative estimate of drug-likeness (QED) is 0.0146. The van der Waals surface area contributed by atoms with Gasteiger partial charge >= 0.3 is 19.8 Å². The molecule has 0 amide bonds. The number of hydrogen-bond acceptors (Lipinski definition) is 12. The molecular formula is C50H87O13P. The van der Waals surface area contributed by atoms with Gasteiger partial charge in [-0.2, -0.15) is 0 Å². The van der Waals surface area contributed by atoms with Gasteiger partial charge in [-0.3, -0.25) is 18.6 Å². The highest BCUT2D eigenvalue weighted by atomic mass is 31.2. The van der Waals surface area contributed by atoms with Gasteiger partial charge in [0, 0.05) is 12.8 Å². The Hall–Kier alpha value is -2.45. The van der Waals surface area contributed by atoms with Crippen molar-refractivity contribution in [2.24, 2.45) is 0 Å². The first-order chi connectivity index (χ1) is 30.9. The van der Waals surface area contributed by atoms with Crippen molar-refractivity contribution in [3.8, 4) is 0 Å². The fourth-order valence-electron chi connectivity index (χ4n) is 7.16. The molecule has 0 aromatic heterocycles. The Balaban J connectivity index is 2.43. The lowest BCUT2D eigenvalue weighted by molar-refractivity contribution is -0.220. The number of carbonyl (C=O) groups excluding carboxylic acids is 2. The highest BCUT2D eigenvalue weighted by Gasteiger charge is 2.51. The molecule has 0 radical (unpaired) electrons. The third-order valence-electron chi connectivity index (χ3n) is 11.1. The second-order valence-electron chi connectivity index (χ2n) is 16.9. The predicted molar refractivity (Wildman–Crippen MR) is 253 cm³/mol. The molecule has 6 N–H and O–H groups in total. The van der Waals surface area contributed by atoms with Gasteiger partial charge in [0.1, 0.15) is 43.2 Å². The number of unbranched alkanes of at least 4 members (excludes halogenated alkanes) is 18. The minimum absolute atomic E-state index is 0.0833. The molecule has 13 nitrogen and oxygen atoms in total. The molecule has 1 aliphatic carbocycles. The topological polar surface area (TPSA) is 210 Å². The summed E-state index contributed by atoms with van der Waals surface area (Å²) in [6.07, 6.45) is 35.5. The lowest BCUT2D eigenvalue weighted by Gasteiger charge is -2.41. The van der Waals surface area contributed by atoms with Gasteiger partial charge in [-0.15, -0.1) is 0 Å². The molecule has 0 bridgehead atoms. The average molecular weight is 927 g/mol. The fourth-order valence-corrected chi connectivity index (χ4v) is 8.13. The molecule has 1 saturated carbocycles. The zero-order valence-corrected chi connectivity index (χ0v) is 40.2. The summed E-state index contributed by atoms with van der Waals surface area (Å²) < 4.78 is 33.6. The van der Waals surface area contributed by atoms with Crippen LogP contribution in [-0.2, 0) is 32.7 Å². The highest BCUT2D eigenvalue weighted by Crippen LogP contribution is 2.47. The zero-order chi connectivity index (χ0) is 47.1. The minimum atomic E-state index is -5.13. The number of phosphoric ester groups is 1. The van der Waals surface area contributed by atoms with E-state index in [-0.39, 0.29) is 12.8 Å². The molecule has 0 aliphatic heterocycles.